The Hall–Kier alpha value is -2.94. The van der Waals surface area contributed by atoms with Crippen molar-refractivity contribution < 1.29 is 13.2 Å². The number of alkyl halides is 3. The van der Waals surface area contributed by atoms with Gasteiger partial charge in [0, 0.05) is 37.5 Å². The van der Waals surface area contributed by atoms with Crippen LogP contribution < -0.4 is 5.56 Å². The molecule has 6 nitrogen and oxygen atoms in total. The molecule has 0 unspecified atom stereocenters. The van der Waals surface area contributed by atoms with E-state index in [-0.39, 0.29) is 5.56 Å². The van der Waals surface area contributed by atoms with E-state index in [1.54, 1.807) is 6.20 Å². The van der Waals surface area contributed by atoms with E-state index in [4.69, 9.17) is 4.98 Å². The van der Waals surface area contributed by atoms with Gasteiger partial charge in [0.2, 0.25) is 0 Å². The number of nitrogens with one attached hydrogen (secondary N) is 2. The second kappa shape index (κ2) is 8.78. The van der Waals surface area contributed by atoms with Gasteiger partial charge in [0.25, 0.3) is 5.56 Å². The molecule has 33 heavy (non-hydrogen) atoms. The summed E-state index contributed by atoms with van der Waals surface area (Å²) in [6.07, 6.45) is 3.82. The molecular weight excluding hydrogens is 431 g/mol. The fourth-order valence-electron chi connectivity index (χ4n) is 4.95. The van der Waals surface area contributed by atoms with Crippen LogP contribution in [0, 0.1) is 0 Å². The van der Waals surface area contributed by atoms with Crippen LogP contribution in [0.25, 0.3) is 11.3 Å². The summed E-state index contributed by atoms with van der Waals surface area (Å²) in [5.74, 6) is 1.19. The van der Waals surface area contributed by atoms with Gasteiger partial charge in [-0.3, -0.25) is 14.8 Å². The van der Waals surface area contributed by atoms with Crippen molar-refractivity contribution in [2.24, 2.45) is 0 Å². The van der Waals surface area contributed by atoms with Gasteiger partial charge in [0.1, 0.15) is 5.82 Å². The summed E-state index contributed by atoms with van der Waals surface area (Å²) in [5.41, 5.74) is 3.07. The van der Waals surface area contributed by atoms with Crippen molar-refractivity contribution in [2.45, 2.75) is 63.7 Å². The smallest absolute Gasteiger partial charge is 0.310 e. The van der Waals surface area contributed by atoms with Crippen molar-refractivity contribution in [1.29, 1.82) is 0 Å². The Balaban J connectivity index is 1.32. The normalized spacial score (nSPS) is 17.8. The largest absolute Gasteiger partial charge is 0.416 e. The van der Waals surface area contributed by atoms with E-state index in [1.165, 1.54) is 31.4 Å². The number of benzene rings is 1. The van der Waals surface area contributed by atoms with E-state index in [1.807, 2.05) is 0 Å². The van der Waals surface area contributed by atoms with Crippen molar-refractivity contribution in [2.75, 3.05) is 6.54 Å². The summed E-state index contributed by atoms with van der Waals surface area (Å²) in [6, 6.07) is 5.05. The van der Waals surface area contributed by atoms with Gasteiger partial charge in [0.15, 0.2) is 0 Å². The van der Waals surface area contributed by atoms with Crippen LogP contribution in [0.15, 0.2) is 35.3 Å². The molecule has 1 fully saturated rings. The van der Waals surface area contributed by atoms with Gasteiger partial charge in [-0.1, -0.05) is 31.4 Å². The Morgan fingerprint density at radius 1 is 1.09 bits per heavy atom. The number of aromatic amines is 2. The van der Waals surface area contributed by atoms with Gasteiger partial charge < -0.3 is 4.98 Å². The van der Waals surface area contributed by atoms with Gasteiger partial charge in [0.05, 0.1) is 28.7 Å². The molecule has 0 bridgehead atoms. The molecule has 2 aliphatic rings. The lowest BCUT2D eigenvalue weighted by atomic mass is 9.88. The molecule has 0 amide bonds. The fraction of sp³-hybridized carbons (Fsp3) is 0.458. The monoisotopic (exact) mass is 457 g/mol. The number of rotatable bonds is 4. The minimum absolute atomic E-state index is 0.0552. The molecule has 5 rings (SSSR count). The first-order valence-electron chi connectivity index (χ1n) is 11.4. The molecule has 0 spiro atoms. The first-order chi connectivity index (χ1) is 15.9. The van der Waals surface area contributed by atoms with Crippen LogP contribution in [0.3, 0.4) is 0 Å². The molecule has 2 aromatic heterocycles. The molecule has 0 radical (unpaired) electrons. The molecule has 9 heteroatoms. The minimum atomic E-state index is -4.37. The number of aromatic nitrogens is 4. The summed E-state index contributed by atoms with van der Waals surface area (Å²) < 4.78 is 38.6. The van der Waals surface area contributed by atoms with Crippen LogP contribution in [-0.2, 0) is 25.7 Å². The maximum Gasteiger partial charge on any atom is 0.416 e. The third kappa shape index (κ3) is 4.59. The minimum Gasteiger partial charge on any atom is -0.310 e. The molecule has 3 aromatic rings. The molecule has 1 aromatic carbocycles. The van der Waals surface area contributed by atoms with Crippen LogP contribution in [-0.4, -0.2) is 31.6 Å². The number of hydrogen-bond acceptors (Lipinski definition) is 4. The second-order valence-electron chi connectivity index (χ2n) is 9.02. The average molecular weight is 458 g/mol. The van der Waals surface area contributed by atoms with Crippen LogP contribution in [0.4, 0.5) is 13.2 Å². The zero-order valence-electron chi connectivity index (χ0n) is 18.2. The Kier molecular flexibility index (Phi) is 5.82. The lowest BCUT2D eigenvalue weighted by Crippen LogP contribution is -2.36. The van der Waals surface area contributed by atoms with Gasteiger partial charge in [-0.05, 0) is 30.5 Å². The van der Waals surface area contributed by atoms with Gasteiger partial charge in [-0.2, -0.15) is 18.3 Å². The van der Waals surface area contributed by atoms with Gasteiger partial charge in [-0.25, -0.2) is 4.98 Å². The highest BCUT2D eigenvalue weighted by Crippen LogP contribution is 2.33. The third-order valence-electron chi connectivity index (χ3n) is 6.77. The van der Waals surface area contributed by atoms with E-state index in [2.05, 4.69) is 20.1 Å². The zero-order chi connectivity index (χ0) is 23.0. The predicted octanol–water partition coefficient (Wildman–Crippen LogP) is 4.78. The summed E-state index contributed by atoms with van der Waals surface area (Å²) in [4.78, 5) is 22.9. The third-order valence-corrected chi connectivity index (χ3v) is 6.77. The molecule has 2 N–H and O–H groups in total. The van der Waals surface area contributed by atoms with Gasteiger partial charge in [-0.15, -0.1) is 0 Å². The first kappa shape index (κ1) is 21.9. The Labute approximate surface area is 189 Å². The highest BCUT2D eigenvalue weighted by atomic mass is 19.4. The number of hydrogen-bond donors (Lipinski definition) is 2. The summed E-state index contributed by atoms with van der Waals surface area (Å²) in [6.45, 7) is 1.78. The Morgan fingerprint density at radius 2 is 1.85 bits per heavy atom. The van der Waals surface area contributed by atoms with Crippen LogP contribution in [0.2, 0.25) is 0 Å². The quantitative estimate of drug-likeness (QED) is 0.591. The summed E-state index contributed by atoms with van der Waals surface area (Å²) in [5, 5.41) is 7.01. The van der Waals surface area contributed by atoms with Crippen molar-refractivity contribution in [3.05, 3.63) is 69.0 Å². The van der Waals surface area contributed by atoms with Gasteiger partial charge >= 0.3 is 6.18 Å². The van der Waals surface area contributed by atoms with E-state index < -0.39 is 11.7 Å². The Bertz CT molecular complexity index is 1180. The van der Waals surface area contributed by atoms with Crippen LogP contribution in [0.5, 0.6) is 0 Å². The van der Waals surface area contributed by atoms with Crippen LogP contribution in [0.1, 0.15) is 66.2 Å². The Morgan fingerprint density at radius 3 is 2.58 bits per heavy atom. The van der Waals surface area contributed by atoms with E-state index in [9.17, 15) is 18.0 Å². The topological polar surface area (TPSA) is 77.7 Å². The maximum atomic E-state index is 12.9. The average Bonchev–Trinajstić information content (AvgIpc) is 3.27. The summed E-state index contributed by atoms with van der Waals surface area (Å²) >= 11 is 0. The molecule has 1 saturated carbocycles. The number of halogens is 3. The molecule has 0 atom stereocenters. The number of H-pyrrole nitrogens is 2. The standard InChI is InChI=1S/C24H26F3N5O/c25-24(26,27)18-8-6-15(7-9-18)21-17(12-28-31-21)13-32-11-10-20-19(14-32)23(33)30-22(29-20)16-4-2-1-3-5-16/h6-9,12,16H,1-5,10-11,13-14H2,(H,28,31)(H,29,30,33). The summed E-state index contributed by atoms with van der Waals surface area (Å²) in [7, 11) is 0. The first-order valence-corrected chi connectivity index (χ1v) is 11.4. The van der Waals surface area contributed by atoms with Crippen molar-refractivity contribution in [3.63, 3.8) is 0 Å². The molecule has 1 aliphatic heterocycles. The van der Waals surface area contributed by atoms with E-state index in [0.29, 0.717) is 42.2 Å². The highest BCUT2D eigenvalue weighted by molar-refractivity contribution is 5.63. The molecular formula is C24H26F3N5O. The number of fused-ring (bicyclic) bond motifs is 1. The predicted molar refractivity (Wildman–Crippen MR) is 118 cm³/mol. The van der Waals surface area contributed by atoms with Crippen molar-refractivity contribution in [3.8, 4) is 11.3 Å². The van der Waals surface area contributed by atoms with Crippen molar-refractivity contribution >= 4 is 0 Å². The number of nitrogens with zero attached hydrogens (tertiary/aromatic N) is 3. The zero-order valence-corrected chi connectivity index (χ0v) is 18.2. The van der Waals surface area contributed by atoms with E-state index in [0.717, 1.165) is 48.6 Å². The fourth-order valence-corrected chi connectivity index (χ4v) is 4.95. The molecule has 3 heterocycles. The van der Waals surface area contributed by atoms with E-state index >= 15 is 0 Å². The van der Waals surface area contributed by atoms with Crippen LogP contribution >= 0.6 is 0 Å². The second-order valence-corrected chi connectivity index (χ2v) is 9.02. The molecule has 174 valence electrons. The lowest BCUT2D eigenvalue weighted by Gasteiger charge is -2.28. The SMILES string of the molecule is O=c1[nH]c(C2CCCCC2)nc2c1CN(Cc1cn[nH]c1-c1ccc(C(F)(F)F)cc1)CC2. The highest BCUT2D eigenvalue weighted by Gasteiger charge is 2.30. The van der Waals surface area contributed by atoms with Crippen molar-refractivity contribution in [1.82, 2.24) is 25.1 Å². The molecule has 0 saturated heterocycles. The maximum absolute atomic E-state index is 12.9. The lowest BCUT2D eigenvalue weighted by molar-refractivity contribution is -0.137. The molecule has 1 aliphatic carbocycles.